The highest BCUT2D eigenvalue weighted by Crippen LogP contribution is 2.38. The number of allylic oxidation sites excluding steroid dienone is 17. The number of carbonyl (C=O) groups is 1. The molecule has 0 aromatic heterocycles. The number of phosphoric acid groups is 1. The van der Waals surface area contributed by atoms with Gasteiger partial charge in [-0.1, -0.05) is 232 Å². The fourth-order valence-electron chi connectivity index (χ4n) is 7.40. The first-order valence-electron chi connectivity index (χ1n) is 27.7. The second kappa shape index (κ2) is 50.1. The Kier molecular flexibility index (Phi) is 48.1. The van der Waals surface area contributed by atoms with E-state index in [1.54, 1.807) is 6.08 Å². The van der Waals surface area contributed by atoms with Gasteiger partial charge in [-0.25, -0.2) is 0 Å². The molecule has 0 saturated carbocycles. The number of nitrogens with zero attached hydrogens (tertiary/aromatic N) is 1. The quantitative estimate of drug-likeness (QED) is 0.0272. The summed E-state index contributed by atoms with van der Waals surface area (Å²) in [7, 11) is 1.25. The summed E-state index contributed by atoms with van der Waals surface area (Å²) in [5, 5.41) is 13.7. The van der Waals surface area contributed by atoms with Crippen LogP contribution in [0.3, 0.4) is 0 Å². The number of aliphatic hydroxyl groups excluding tert-OH is 1. The van der Waals surface area contributed by atoms with Crippen LogP contribution < -0.4 is 10.2 Å². The molecule has 0 spiro atoms. The van der Waals surface area contributed by atoms with Crippen LogP contribution in [0, 0.1) is 0 Å². The maximum atomic E-state index is 12.9. The number of amides is 1. The molecule has 0 aliphatic carbocycles. The molecule has 0 bridgehead atoms. The highest BCUT2D eigenvalue weighted by atomic mass is 31.2. The number of likely N-dealkylation sites (N-methyl/N-ethyl adjacent to an activating group) is 1. The second-order valence-electron chi connectivity index (χ2n) is 19.6. The minimum absolute atomic E-state index is 0.00514. The molecule has 0 fully saturated rings. The molecule has 69 heavy (non-hydrogen) atoms. The zero-order chi connectivity index (χ0) is 50.6. The van der Waals surface area contributed by atoms with Crippen molar-refractivity contribution in [1.29, 1.82) is 0 Å². The molecule has 0 aromatic rings. The number of aliphatic hydroxyl groups is 1. The Morgan fingerprint density at radius 1 is 0.522 bits per heavy atom. The van der Waals surface area contributed by atoms with Gasteiger partial charge in [0.15, 0.2) is 0 Å². The topological polar surface area (TPSA) is 108 Å². The van der Waals surface area contributed by atoms with E-state index in [0.29, 0.717) is 17.4 Å². The number of quaternary nitrogens is 1. The monoisotopic (exact) mass is 981 g/mol. The number of phosphoric ester groups is 1. The van der Waals surface area contributed by atoms with Gasteiger partial charge in [0.1, 0.15) is 13.2 Å². The number of hydrogen-bond acceptors (Lipinski definition) is 6. The van der Waals surface area contributed by atoms with Gasteiger partial charge >= 0.3 is 0 Å². The Morgan fingerprint density at radius 3 is 1.29 bits per heavy atom. The molecular weight excluding hydrogens is 876 g/mol. The van der Waals surface area contributed by atoms with Crippen LogP contribution in [-0.2, 0) is 18.4 Å². The van der Waals surface area contributed by atoms with Crippen molar-refractivity contribution in [2.24, 2.45) is 0 Å². The largest absolute Gasteiger partial charge is 0.756 e. The van der Waals surface area contributed by atoms with E-state index in [1.165, 1.54) is 103 Å². The first-order chi connectivity index (χ1) is 33.5. The lowest BCUT2D eigenvalue weighted by molar-refractivity contribution is -0.870. The summed E-state index contributed by atoms with van der Waals surface area (Å²) in [6.45, 7) is 4.47. The molecule has 8 nitrogen and oxygen atoms in total. The molecule has 0 aliphatic rings. The first-order valence-corrected chi connectivity index (χ1v) is 29.2. The lowest BCUT2D eigenvalue weighted by atomic mass is 10.0. The van der Waals surface area contributed by atoms with Crippen molar-refractivity contribution in [2.75, 3.05) is 40.9 Å². The third-order valence-electron chi connectivity index (χ3n) is 11.7. The van der Waals surface area contributed by atoms with Gasteiger partial charge in [-0.3, -0.25) is 9.36 Å². The van der Waals surface area contributed by atoms with Gasteiger partial charge in [0.2, 0.25) is 5.91 Å². The smallest absolute Gasteiger partial charge is 0.268 e. The van der Waals surface area contributed by atoms with Crippen LogP contribution >= 0.6 is 7.82 Å². The van der Waals surface area contributed by atoms with Crippen LogP contribution in [0.25, 0.3) is 0 Å². The van der Waals surface area contributed by atoms with E-state index in [2.05, 4.69) is 116 Å². The SMILES string of the molecule is CC/C=C\C/C=C\C/C=C\C/C=C\C/C=C\C/C=C\C/C=C\C/C=C\CCCCCCCCCCCCCCCCC(=O)NC(COP(=O)([O-])OCC[N+](C)(C)C)C(O)/C=C/CCCCCCCC. The summed E-state index contributed by atoms with van der Waals surface area (Å²) in [5.41, 5.74) is 0. The van der Waals surface area contributed by atoms with Gasteiger partial charge in [0, 0.05) is 6.42 Å². The van der Waals surface area contributed by atoms with E-state index in [0.717, 1.165) is 89.9 Å². The van der Waals surface area contributed by atoms with E-state index < -0.39 is 20.0 Å². The van der Waals surface area contributed by atoms with Crippen molar-refractivity contribution in [2.45, 2.75) is 225 Å². The molecule has 0 radical (unpaired) electrons. The predicted molar refractivity (Wildman–Crippen MR) is 297 cm³/mol. The van der Waals surface area contributed by atoms with E-state index in [9.17, 15) is 19.4 Å². The molecule has 9 heteroatoms. The third kappa shape index (κ3) is 52.8. The summed E-state index contributed by atoms with van der Waals surface area (Å²) < 4.78 is 23.2. The molecular formula is C60H105N2O6P. The van der Waals surface area contributed by atoms with Crippen molar-refractivity contribution in [3.63, 3.8) is 0 Å². The number of nitrogens with one attached hydrogen (secondary N) is 1. The molecule has 396 valence electrons. The fraction of sp³-hybridized carbons (Fsp3) is 0.683. The average molecular weight is 981 g/mol. The standard InChI is InChI=1S/C60H105N2O6P/c1-6-8-10-12-14-16-17-18-19-20-21-22-23-24-25-26-27-28-29-30-31-32-33-34-35-36-37-38-39-40-41-42-43-44-45-46-48-50-52-54-60(64)61-58(57-68-69(65,66)67-56-55-62(3,4)5)59(63)53-51-49-47-15-13-11-9-7-2/h8,10,14,16,18-19,21-22,24-25,27-28,30-31,33-34,51,53,58-59,63H,6-7,9,11-13,15,17,20,23,26,29,32,35-50,52,54-57H2,1-5H3,(H-,61,64,65,66)/b10-8-,16-14-,19-18-,22-21-,25-24-,28-27-,31-30-,34-33-,53-51+. The molecule has 0 aromatic carbocycles. The zero-order valence-corrected chi connectivity index (χ0v) is 45.9. The molecule has 1 amide bonds. The van der Waals surface area contributed by atoms with Crippen molar-refractivity contribution in [3.8, 4) is 0 Å². The number of rotatable bonds is 49. The van der Waals surface area contributed by atoms with Crippen molar-refractivity contribution in [3.05, 3.63) is 109 Å². The fourth-order valence-corrected chi connectivity index (χ4v) is 8.13. The van der Waals surface area contributed by atoms with Crippen LogP contribution in [0.1, 0.15) is 213 Å². The first kappa shape index (κ1) is 66.2. The normalized spacial score (nSPS) is 14.8. The van der Waals surface area contributed by atoms with Gasteiger partial charge < -0.3 is 28.8 Å². The van der Waals surface area contributed by atoms with Crippen LogP contribution in [0.4, 0.5) is 0 Å². The van der Waals surface area contributed by atoms with Crippen molar-refractivity contribution in [1.82, 2.24) is 5.32 Å². The molecule has 0 heterocycles. The lowest BCUT2D eigenvalue weighted by Crippen LogP contribution is -2.45. The van der Waals surface area contributed by atoms with Crippen molar-refractivity contribution < 1.29 is 32.9 Å². The van der Waals surface area contributed by atoms with E-state index >= 15 is 0 Å². The van der Waals surface area contributed by atoms with E-state index in [4.69, 9.17) is 9.05 Å². The van der Waals surface area contributed by atoms with E-state index in [1.807, 2.05) is 27.2 Å². The van der Waals surface area contributed by atoms with Crippen LogP contribution in [0.15, 0.2) is 109 Å². The van der Waals surface area contributed by atoms with E-state index in [-0.39, 0.29) is 19.1 Å². The number of carbonyl (C=O) groups excluding carboxylic acids is 1. The minimum atomic E-state index is -4.59. The highest BCUT2D eigenvalue weighted by Gasteiger charge is 2.23. The number of hydrogen-bond donors (Lipinski definition) is 2. The second-order valence-corrected chi connectivity index (χ2v) is 21.0. The zero-order valence-electron chi connectivity index (χ0n) is 45.0. The summed E-state index contributed by atoms with van der Waals surface area (Å²) in [6, 6.07) is -0.889. The maximum absolute atomic E-state index is 12.9. The Bertz CT molecular complexity index is 1490. The van der Waals surface area contributed by atoms with Gasteiger partial charge in [-0.2, -0.15) is 0 Å². The third-order valence-corrected chi connectivity index (χ3v) is 12.7. The minimum Gasteiger partial charge on any atom is -0.756 e. The summed E-state index contributed by atoms with van der Waals surface area (Å²) in [6.07, 6.45) is 73.3. The van der Waals surface area contributed by atoms with Gasteiger partial charge in [-0.15, -0.1) is 0 Å². The summed E-state index contributed by atoms with van der Waals surface area (Å²) in [4.78, 5) is 25.3. The summed E-state index contributed by atoms with van der Waals surface area (Å²) >= 11 is 0. The lowest BCUT2D eigenvalue weighted by Gasteiger charge is -2.29. The highest BCUT2D eigenvalue weighted by molar-refractivity contribution is 7.45. The molecule has 3 atom stereocenters. The Balaban J connectivity index is 3.94. The Labute approximate surface area is 425 Å². The van der Waals surface area contributed by atoms with Gasteiger partial charge in [0.05, 0.1) is 39.9 Å². The van der Waals surface area contributed by atoms with Gasteiger partial charge in [0.25, 0.3) is 7.82 Å². The molecule has 0 saturated heterocycles. The molecule has 0 rings (SSSR count). The molecule has 2 N–H and O–H groups in total. The predicted octanol–water partition coefficient (Wildman–Crippen LogP) is 16.2. The maximum Gasteiger partial charge on any atom is 0.268 e. The Morgan fingerprint density at radius 2 is 0.884 bits per heavy atom. The van der Waals surface area contributed by atoms with Crippen molar-refractivity contribution >= 4 is 13.7 Å². The van der Waals surface area contributed by atoms with Gasteiger partial charge in [-0.05, 0) is 83.5 Å². The van der Waals surface area contributed by atoms with Crippen LogP contribution in [0.2, 0.25) is 0 Å². The van der Waals surface area contributed by atoms with Crippen LogP contribution in [0.5, 0.6) is 0 Å². The molecule has 0 aliphatic heterocycles. The Hall–Kier alpha value is -2.84. The molecule has 3 unspecified atom stereocenters. The van der Waals surface area contributed by atoms with Crippen LogP contribution in [-0.4, -0.2) is 68.5 Å². The average Bonchev–Trinajstić information content (AvgIpc) is 3.31. The number of unbranched alkanes of at least 4 members (excludes halogenated alkanes) is 20. The summed E-state index contributed by atoms with van der Waals surface area (Å²) in [5.74, 6) is -0.206.